The number of hydrogen-bond donors (Lipinski definition) is 1. The van der Waals surface area contributed by atoms with Crippen molar-refractivity contribution in [1.82, 2.24) is 9.97 Å². The molecule has 2 heterocycles. The summed E-state index contributed by atoms with van der Waals surface area (Å²) in [5.41, 5.74) is 11.2. The largest absolute Gasteiger partial charge is 0.507 e. The molecule has 0 aliphatic heterocycles. The highest BCUT2D eigenvalue weighted by atomic mass is 16.4. The lowest BCUT2D eigenvalue weighted by molar-refractivity contribution is 0.114. The van der Waals surface area contributed by atoms with Crippen LogP contribution in [0.25, 0.3) is 77.3 Å². The summed E-state index contributed by atoms with van der Waals surface area (Å²) in [5, 5.41) is 18.5. The number of pyridine rings is 1. The van der Waals surface area contributed by atoms with Crippen molar-refractivity contribution in [3.63, 3.8) is 0 Å². The fourth-order valence-corrected chi connectivity index (χ4v) is 11.8. The summed E-state index contributed by atoms with van der Waals surface area (Å²) in [6.07, 6.45) is 20.7. The normalized spacial score (nSPS) is 17.9. The van der Waals surface area contributed by atoms with Crippen molar-refractivity contribution in [1.29, 1.82) is 0 Å². The SMILES string of the molecule is CC(C)(C)c1ccc(-c2nc3c(o2)c(C2CCCCC2)cc2c4ccccc4c4ccc(-c5cc(-c6ccc(C7CCC8(CCCCC8)CC7)cc6)ccn5)cc4c23)c(O)c1. The van der Waals surface area contributed by atoms with Gasteiger partial charge in [0, 0.05) is 22.7 Å². The van der Waals surface area contributed by atoms with Crippen molar-refractivity contribution in [3.8, 4) is 39.6 Å². The average Bonchev–Trinajstić information content (AvgIpc) is 3.74. The number of hydrogen-bond acceptors (Lipinski definition) is 4. The van der Waals surface area contributed by atoms with E-state index in [1.165, 1.54) is 121 Å². The van der Waals surface area contributed by atoms with Crippen LogP contribution in [0.3, 0.4) is 0 Å². The maximum Gasteiger partial charge on any atom is 0.231 e. The van der Waals surface area contributed by atoms with E-state index in [9.17, 15) is 5.11 Å². The highest BCUT2D eigenvalue weighted by Gasteiger charge is 2.36. The van der Waals surface area contributed by atoms with E-state index in [0.29, 0.717) is 28.7 Å². The summed E-state index contributed by atoms with van der Waals surface area (Å²) in [6.45, 7) is 6.49. The van der Waals surface area contributed by atoms with Crippen LogP contribution in [0.4, 0.5) is 0 Å². The number of fused-ring (bicyclic) bond motifs is 8. The summed E-state index contributed by atoms with van der Waals surface area (Å²) in [5.74, 6) is 1.74. The van der Waals surface area contributed by atoms with E-state index in [0.717, 1.165) is 51.5 Å². The summed E-state index contributed by atoms with van der Waals surface area (Å²) >= 11 is 0. The second-order valence-corrected chi connectivity index (χ2v) is 20.1. The zero-order chi connectivity index (χ0) is 41.3. The number of benzene rings is 6. The van der Waals surface area contributed by atoms with Gasteiger partial charge in [-0.25, -0.2) is 4.98 Å². The number of nitrogens with zero attached hydrogens (tertiary/aromatic N) is 2. The Balaban J connectivity index is 1.02. The van der Waals surface area contributed by atoms with E-state index < -0.39 is 0 Å². The predicted molar refractivity (Wildman–Crippen MR) is 254 cm³/mol. The van der Waals surface area contributed by atoms with Crippen molar-refractivity contribution >= 4 is 43.4 Å². The molecule has 8 aromatic rings. The molecule has 0 radical (unpaired) electrons. The first-order chi connectivity index (χ1) is 29.7. The molecule has 1 N–H and O–H groups in total. The van der Waals surface area contributed by atoms with Crippen molar-refractivity contribution < 1.29 is 9.52 Å². The lowest BCUT2D eigenvalue weighted by Crippen LogP contribution is -2.29. The van der Waals surface area contributed by atoms with Gasteiger partial charge >= 0.3 is 0 Å². The topological polar surface area (TPSA) is 59.2 Å². The van der Waals surface area contributed by atoms with Gasteiger partial charge in [-0.15, -0.1) is 0 Å². The molecule has 1 spiro atoms. The minimum absolute atomic E-state index is 0.0920. The van der Waals surface area contributed by atoms with Crippen LogP contribution in [0.1, 0.15) is 139 Å². The van der Waals surface area contributed by atoms with Crippen LogP contribution < -0.4 is 0 Å². The standard InChI is InChI=1S/C57H58N2O2/c1-56(2,3)42-21-23-46(51(60)34-42)55-59-53-52-48-32-41(20-22-45(48)43-14-8-9-15-44(43)49(52)35-47(54(53)61-55)39-12-6-4-7-13-39)50-33-40(26-31-58-50)37-18-16-36(17-19-37)38-24-29-57(30-25-38)27-10-5-11-28-57/h8-9,14-23,26,31-35,38-39,60H,4-7,10-13,24-25,27-30H2,1-3H3. The Morgan fingerprint density at radius 1 is 0.607 bits per heavy atom. The van der Waals surface area contributed by atoms with Gasteiger partial charge in [0.2, 0.25) is 5.89 Å². The molecular formula is C57H58N2O2. The van der Waals surface area contributed by atoms with E-state index in [1.807, 2.05) is 18.3 Å². The first-order valence-corrected chi connectivity index (χ1v) is 23.3. The molecule has 0 unspecified atom stereocenters. The maximum absolute atomic E-state index is 11.5. The molecule has 0 amide bonds. The van der Waals surface area contributed by atoms with E-state index in [4.69, 9.17) is 14.4 Å². The molecule has 0 atom stereocenters. The number of rotatable bonds is 5. The van der Waals surface area contributed by atoms with Crippen molar-refractivity contribution in [2.24, 2.45) is 5.41 Å². The van der Waals surface area contributed by atoms with Crippen LogP contribution in [0.2, 0.25) is 0 Å². The lowest BCUT2D eigenvalue weighted by Gasteiger charge is -2.43. The minimum Gasteiger partial charge on any atom is -0.507 e. The van der Waals surface area contributed by atoms with Crippen LogP contribution >= 0.6 is 0 Å². The second-order valence-electron chi connectivity index (χ2n) is 20.1. The van der Waals surface area contributed by atoms with Gasteiger partial charge in [-0.2, -0.15) is 0 Å². The average molecular weight is 803 g/mol. The second kappa shape index (κ2) is 15.2. The van der Waals surface area contributed by atoms with Gasteiger partial charge in [0.1, 0.15) is 11.3 Å². The minimum atomic E-state index is -0.0920. The van der Waals surface area contributed by atoms with Gasteiger partial charge in [-0.3, -0.25) is 4.98 Å². The smallest absolute Gasteiger partial charge is 0.231 e. The molecule has 3 fully saturated rings. The van der Waals surface area contributed by atoms with Crippen molar-refractivity contribution in [2.45, 2.75) is 128 Å². The molecule has 3 aliphatic rings. The van der Waals surface area contributed by atoms with E-state index >= 15 is 0 Å². The highest BCUT2D eigenvalue weighted by molar-refractivity contribution is 6.31. The molecule has 6 aromatic carbocycles. The molecule has 308 valence electrons. The van der Waals surface area contributed by atoms with Crippen LogP contribution in [0.5, 0.6) is 5.75 Å². The van der Waals surface area contributed by atoms with Crippen molar-refractivity contribution in [2.75, 3.05) is 0 Å². The molecule has 11 rings (SSSR count). The number of aromatic nitrogens is 2. The zero-order valence-electron chi connectivity index (χ0n) is 36.2. The third kappa shape index (κ3) is 6.91. The molecule has 0 bridgehead atoms. The first kappa shape index (κ1) is 38.4. The van der Waals surface area contributed by atoms with Crippen LogP contribution in [0.15, 0.2) is 114 Å². The van der Waals surface area contributed by atoms with Gasteiger partial charge in [0.05, 0.1) is 11.3 Å². The number of aromatic hydroxyl groups is 1. The molecule has 4 nitrogen and oxygen atoms in total. The summed E-state index contributed by atoms with van der Waals surface area (Å²) in [4.78, 5) is 10.3. The molecular weight excluding hydrogens is 745 g/mol. The zero-order valence-corrected chi connectivity index (χ0v) is 36.2. The molecule has 3 saturated carbocycles. The monoisotopic (exact) mass is 802 g/mol. The summed E-state index contributed by atoms with van der Waals surface area (Å²) in [7, 11) is 0. The molecule has 4 heteroatoms. The summed E-state index contributed by atoms with van der Waals surface area (Å²) < 4.78 is 6.88. The van der Waals surface area contributed by atoms with Gasteiger partial charge < -0.3 is 9.52 Å². The fourth-order valence-electron chi connectivity index (χ4n) is 11.8. The Labute approximate surface area is 360 Å². The Morgan fingerprint density at radius 3 is 2.03 bits per heavy atom. The molecule has 2 aromatic heterocycles. The van der Waals surface area contributed by atoms with Crippen LogP contribution in [-0.2, 0) is 5.41 Å². The number of phenolic OH excluding ortho intramolecular Hbond substituents is 1. The van der Waals surface area contributed by atoms with Gasteiger partial charge in [-0.05, 0) is 160 Å². The summed E-state index contributed by atoms with van der Waals surface area (Å²) in [6, 6.07) is 37.9. The van der Waals surface area contributed by atoms with Crippen molar-refractivity contribution in [3.05, 3.63) is 126 Å². The molecule has 61 heavy (non-hydrogen) atoms. The Bertz CT molecular complexity index is 2930. The quantitative estimate of drug-likeness (QED) is 0.176. The first-order valence-electron chi connectivity index (χ1n) is 23.3. The number of oxazole rings is 1. The third-order valence-electron chi connectivity index (χ3n) is 15.4. The van der Waals surface area contributed by atoms with E-state index in [-0.39, 0.29) is 11.2 Å². The van der Waals surface area contributed by atoms with E-state index in [1.54, 1.807) is 0 Å². The van der Waals surface area contributed by atoms with E-state index in [2.05, 4.69) is 112 Å². The predicted octanol–water partition coefficient (Wildman–Crippen LogP) is 16.3. The van der Waals surface area contributed by atoms with Crippen LogP contribution in [-0.4, -0.2) is 15.1 Å². The Morgan fingerprint density at radius 2 is 1.30 bits per heavy atom. The van der Waals surface area contributed by atoms with Gasteiger partial charge in [-0.1, -0.05) is 126 Å². The molecule has 3 aliphatic carbocycles. The van der Waals surface area contributed by atoms with Gasteiger partial charge in [0.15, 0.2) is 5.58 Å². The fraction of sp³-hybridized carbons (Fsp3) is 0.368. The Hall–Kier alpha value is -5.48. The number of phenols is 1. The Kier molecular flexibility index (Phi) is 9.55. The van der Waals surface area contributed by atoms with Crippen LogP contribution in [0, 0.1) is 5.41 Å². The van der Waals surface area contributed by atoms with Gasteiger partial charge in [0.25, 0.3) is 0 Å². The maximum atomic E-state index is 11.5. The lowest BCUT2D eigenvalue weighted by atomic mass is 9.62. The third-order valence-corrected chi connectivity index (χ3v) is 15.4. The molecule has 0 saturated heterocycles. The highest BCUT2D eigenvalue weighted by Crippen LogP contribution is 2.51.